The van der Waals surface area contributed by atoms with Crippen molar-refractivity contribution in [1.29, 1.82) is 0 Å². The van der Waals surface area contributed by atoms with E-state index in [-0.39, 0.29) is 0 Å². The highest BCUT2D eigenvalue weighted by Gasteiger charge is 2.17. The molecule has 2 aromatic carbocycles. The Morgan fingerprint density at radius 3 is 2.60 bits per heavy atom. The van der Waals surface area contributed by atoms with Crippen LogP contribution in [0.4, 0.5) is 0 Å². The minimum Gasteiger partial charge on any atom is -0.494 e. The summed E-state index contributed by atoms with van der Waals surface area (Å²) in [6, 6.07) is 10.6. The molecule has 0 aromatic heterocycles. The topological polar surface area (TPSA) is 35.2 Å². The number of halogens is 3. The fraction of sp³-hybridized carbons (Fsp3) is 0.200. The van der Waals surface area contributed by atoms with Gasteiger partial charge in [0.15, 0.2) is 0 Å². The molecule has 0 saturated carbocycles. The zero-order valence-corrected chi connectivity index (χ0v) is 14.0. The molecule has 0 spiro atoms. The highest BCUT2D eigenvalue weighted by atomic mass is 79.9. The number of ether oxygens (including phenoxy) is 1. The second-order valence-electron chi connectivity index (χ2n) is 4.26. The molecular formula is C15H14BrCl2NO. The minimum atomic E-state index is -0.403. The van der Waals surface area contributed by atoms with E-state index in [0.717, 1.165) is 21.3 Å². The number of hydrogen-bond donors (Lipinski definition) is 1. The Labute approximate surface area is 137 Å². The van der Waals surface area contributed by atoms with Gasteiger partial charge in [-0.15, -0.1) is 0 Å². The first kappa shape index (κ1) is 15.6. The fourth-order valence-corrected chi connectivity index (χ4v) is 2.76. The van der Waals surface area contributed by atoms with E-state index < -0.39 is 6.04 Å². The molecular weight excluding hydrogens is 361 g/mol. The molecule has 0 bridgehead atoms. The Bertz CT molecular complexity index is 619. The van der Waals surface area contributed by atoms with Gasteiger partial charge in [0.2, 0.25) is 0 Å². The Kier molecular flexibility index (Phi) is 5.33. The number of nitrogens with two attached hydrogens (primary N) is 1. The van der Waals surface area contributed by atoms with E-state index in [9.17, 15) is 0 Å². The van der Waals surface area contributed by atoms with Gasteiger partial charge in [-0.3, -0.25) is 0 Å². The van der Waals surface area contributed by atoms with Crippen LogP contribution in [-0.2, 0) is 0 Å². The Morgan fingerprint density at radius 2 is 1.90 bits per heavy atom. The average molecular weight is 375 g/mol. The van der Waals surface area contributed by atoms with E-state index in [1.807, 2.05) is 25.1 Å². The van der Waals surface area contributed by atoms with Crippen LogP contribution in [0.25, 0.3) is 0 Å². The van der Waals surface area contributed by atoms with E-state index in [4.69, 9.17) is 33.7 Å². The van der Waals surface area contributed by atoms with Gasteiger partial charge in [-0.1, -0.05) is 39.1 Å². The highest BCUT2D eigenvalue weighted by Crippen LogP contribution is 2.35. The summed E-state index contributed by atoms with van der Waals surface area (Å²) in [5, 5.41) is 1.19. The smallest absolute Gasteiger partial charge is 0.124 e. The summed E-state index contributed by atoms with van der Waals surface area (Å²) >= 11 is 15.7. The van der Waals surface area contributed by atoms with Crippen LogP contribution in [0.15, 0.2) is 40.9 Å². The van der Waals surface area contributed by atoms with Crippen LogP contribution in [0.3, 0.4) is 0 Å². The van der Waals surface area contributed by atoms with Gasteiger partial charge in [0, 0.05) is 20.1 Å². The van der Waals surface area contributed by atoms with Gasteiger partial charge in [-0.25, -0.2) is 0 Å². The SMILES string of the molecule is CCOc1ccc(Br)cc1C(N)c1cc(Cl)ccc1Cl. The van der Waals surface area contributed by atoms with Crippen molar-refractivity contribution in [1.82, 2.24) is 0 Å². The molecule has 0 aliphatic heterocycles. The minimum absolute atomic E-state index is 0.403. The quantitative estimate of drug-likeness (QED) is 0.797. The van der Waals surface area contributed by atoms with Gasteiger partial charge in [0.25, 0.3) is 0 Å². The lowest BCUT2D eigenvalue weighted by atomic mass is 9.98. The summed E-state index contributed by atoms with van der Waals surface area (Å²) in [6.07, 6.45) is 0. The van der Waals surface area contributed by atoms with Crippen molar-refractivity contribution >= 4 is 39.1 Å². The first-order valence-electron chi connectivity index (χ1n) is 6.15. The van der Waals surface area contributed by atoms with Crippen molar-refractivity contribution in [2.75, 3.05) is 6.61 Å². The lowest BCUT2D eigenvalue weighted by Crippen LogP contribution is -2.14. The van der Waals surface area contributed by atoms with Gasteiger partial charge < -0.3 is 10.5 Å². The maximum atomic E-state index is 6.34. The van der Waals surface area contributed by atoms with Crippen LogP contribution < -0.4 is 10.5 Å². The van der Waals surface area contributed by atoms with Crippen molar-refractivity contribution in [3.63, 3.8) is 0 Å². The largest absolute Gasteiger partial charge is 0.494 e. The molecule has 20 heavy (non-hydrogen) atoms. The molecule has 0 aliphatic rings. The standard InChI is InChI=1S/C15H14BrCl2NO/c1-2-20-14-6-3-9(16)7-12(14)15(19)11-8-10(17)4-5-13(11)18/h3-8,15H,2,19H2,1H3. The van der Waals surface area contributed by atoms with Crippen LogP contribution in [0, 0.1) is 0 Å². The predicted octanol–water partition coefficient (Wildman–Crippen LogP) is 5.20. The molecule has 0 aliphatic carbocycles. The first-order valence-corrected chi connectivity index (χ1v) is 7.70. The van der Waals surface area contributed by atoms with Crippen molar-refractivity contribution in [3.05, 3.63) is 62.0 Å². The molecule has 2 aromatic rings. The molecule has 106 valence electrons. The molecule has 2 N–H and O–H groups in total. The zero-order chi connectivity index (χ0) is 14.7. The number of benzene rings is 2. The lowest BCUT2D eigenvalue weighted by Gasteiger charge is -2.18. The van der Waals surface area contributed by atoms with Crippen molar-refractivity contribution < 1.29 is 4.74 Å². The molecule has 1 atom stereocenters. The normalized spacial score (nSPS) is 12.2. The van der Waals surface area contributed by atoms with Crippen LogP contribution >= 0.6 is 39.1 Å². The van der Waals surface area contributed by atoms with Gasteiger partial charge in [0.05, 0.1) is 12.6 Å². The van der Waals surface area contributed by atoms with E-state index >= 15 is 0 Å². The third kappa shape index (κ3) is 3.47. The van der Waals surface area contributed by atoms with Crippen LogP contribution in [-0.4, -0.2) is 6.61 Å². The number of hydrogen-bond acceptors (Lipinski definition) is 2. The van der Waals surface area contributed by atoms with E-state index in [0.29, 0.717) is 16.7 Å². The zero-order valence-electron chi connectivity index (χ0n) is 10.9. The molecule has 2 rings (SSSR count). The van der Waals surface area contributed by atoms with Crippen molar-refractivity contribution in [2.24, 2.45) is 5.73 Å². The fourth-order valence-electron chi connectivity index (χ4n) is 1.97. The van der Waals surface area contributed by atoms with E-state index in [1.54, 1.807) is 18.2 Å². The maximum absolute atomic E-state index is 6.34. The second kappa shape index (κ2) is 6.81. The Morgan fingerprint density at radius 1 is 1.15 bits per heavy atom. The third-order valence-electron chi connectivity index (χ3n) is 2.90. The summed E-state index contributed by atoms with van der Waals surface area (Å²) in [7, 11) is 0. The van der Waals surface area contributed by atoms with Crippen LogP contribution in [0.2, 0.25) is 10.0 Å². The molecule has 0 radical (unpaired) electrons. The first-order chi connectivity index (χ1) is 9.52. The second-order valence-corrected chi connectivity index (χ2v) is 6.02. The molecule has 5 heteroatoms. The Balaban J connectivity index is 2.49. The van der Waals surface area contributed by atoms with Gasteiger partial charge in [-0.05, 0) is 48.9 Å². The van der Waals surface area contributed by atoms with E-state index in [2.05, 4.69) is 15.9 Å². The average Bonchev–Trinajstić information content (AvgIpc) is 2.43. The van der Waals surface area contributed by atoms with Crippen molar-refractivity contribution in [2.45, 2.75) is 13.0 Å². The van der Waals surface area contributed by atoms with Crippen LogP contribution in [0.5, 0.6) is 5.75 Å². The molecule has 2 nitrogen and oxygen atoms in total. The summed E-state index contributed by atoms with van der Waals surface area (Å²) in [5.74, 6) is 0.749. The summed E-state index contributed by atoms with van der Waals surface area (Å²) < 4.78 is 6.56. The highest BCUT2D eigenvalue weighted by molar-refractivity contribution is 9.10. The van der Waals surface area contributed by atoms with Gasteiger partial charge in [-0.2, -0.15) is 0 Å². The monoisotopic (exact) mass is 373 g/mol. The Hall–Kier alpha value is -0.740. The molecule has 1 unspecified atom stereocenters. The summed E-state index contributed by atoms with van der Waals surface area (Å²) in [4.78, 5) is 0. The lowest BCUT2D eigenvalue weighted by molar-refractivity contribution is 0.335. The maximum Gasteiger partial charge on any atom is 0.124 e. The predicted molar refractivity (Wildman–Crippen MR) is 87.8 cm³/mol. The molecule has 0 fully saturated rings. The summed E-state index contributed by atoms with van der Waals surface area (Å²) in [5.41, 5.74) is 7.98. The van der Waals surface area contributed by atoms with Gasteiger partial charge in [0.1, 0.15) is 5.75 Å². The molecule has 0 saturated heterocycles. The van der Waals surface area contributed by atoms with Crippen LogP contribution in [0.1, 0.15) is 24.1 Å². The van der Waals surface area contributed by atoms with Crippen molar-refractivity contribution in [3.8, 4) is 5.75 Å². The molecule has 0 amide bonds. The summed E-state index contributed by atoms with van der Waals surface area (Å²) in [6.45, 7) is 2.51. The number of rotatable bonds is 4. The van der Waals surface area contributed by atoms with Gasteiger partial charge >= 0.3 is 0 Å². The third-order valence-corrected chi connectivity index (χ3v) is 3.97. The van der Waals surface area contributed by atoms with E-state index in [1.165, 1.54) is 0 Å². The molecule has 0 heterocycles.